The standard InChI is InChI=1S/C16H26O3/c1-16(2,3)19-10-9-13(12-17)11-14-7-5-6-8-15(14)18-4/h5-8,13,17H,9-12H2,1-4H3. The minimum Gasteiger partial charge on any atom is -0.496 e. The summed E-state index contributed by atoms with van der Waals surface area (Å²) in [5, 5.41) is 9.48. The Balaban J connectivity index is 2.52. The van der Waals surface area contributed by atoms with Gasteiger partial charge in [0.15, 0.2) is 0 Å². The number of benzene rings is 1. The highest BCUT2D eigenvalue weighted by molar-refractivity contribution is 5.33. The fourth-order valence-electron chi connectivity index (χ4n) is 1.97. The second-order valence-electron chi connectivity index (χ2n) is 5.81. The normalized spacial score (nSPS) is 13.3. The van der Waals surface area contributed by atoms with E-state index in [0.717, 1.165) is 24.2 Å². The van der Waals surface area contributed by atoms with Crippen LogP contribution in [0.15, 0.2) is 24.3 Å². The third-order valence-electron chi connectivity index (χ3n) is 3.02. The highest BCUT2D eigenvalue weighted by Gasteiger charge is 2.14. The van der Waals surface area contributed by atoms with Crippen LogP contribution < -0.4 is 4.74 Å². The molecule has 0 aliphatic rings. The Morgan fingerprint density at radius 1 is 1.21 bits per heavy atom. The zero-order valence-electron chi connectivity index (χ0n) is 12.5. The second-order valence-corrected chi connectivity index (χ2v) is 5.81. The Morgan fingerprint density at radius 3 is 2.47 bits per heavy atom. The molecule has 1 atom stereocenters. The lowest BCUT2D eigenvalue weighted by molar-refractivity contribution is -0.0121. The average Bonchev–Trinajstić information content (AvgIpc) is 2.36. The first-order valence-corrected chi connectivity index (χ1v) is 6.83. The van der Waals surface area contributed by atoms with Crippen LogP contribution in [0.3, 0.4) is 0 Å². The van der Waals surface area contributed by atoms with Crippen molar-refractivity contribution < 1.29 is 14.6 Å². The van der Waals surface area contributed by atoms with E-state index in [1.165, 1.54) is 0 Å². The van der Waals surface area contributed by atoms with Crippen LogP contribution in [0, 0.1) is 5.92 Å². The van der Waals surface area contributed by atoms with Crippen LogP contribution >= 0.6 is 0 Å². The molecule has 0 bridgehead atoms. The zero-order chi connectivity index (χ0) is 14.3. The summed E-state index contributed by atoms with van der Waals surface area (Å²) in [4.78, 5) is 0. The molecule has 0 aliphatic carbocycles. The molecule has 0 radical (unpaired) electrons. The Labute approximate surface area is 116 Å². The molecule has 1 aromatic carbocycles. The van der Waals surface area contributed by atoms with E-state index < -0.39 is 0 Å². The molecule has 3 nitrogen and oxygen atoms in total. The number of rotatable bonds is 7. The van der Waals surface area contributed by atoms with Gasteiger partial charge in [0.2, 0.25) is 0 Å². The van der Waals surface area contributed by atoms with Crippen molar-refractivity contribution in [2.24, 2.45) is 5.92 Å². The number of aliphatic hydroxyl groups is 1. The SMILES string of the molecule is COc1ccccc1CC(CO)CCOC(C)(C)C. The molecule has 0 aromatic heterocycles. The maximum absolute atomic E-state index is 9.48. The lowest BCUT2D eigenvalue weighted by atomic mass is 9.96. The summed E-state index contributed by atoms with van der Waals surface area (Å²) >= 11 is 0. The number of hydrogen-bond acceptors (Lipinski definition) is 3. The predicted octanol–water partition coefficient (Wildman–Crippen LogP) is 3.05. The van der Waals surface area contributed by atoms with E-state index in [1.807, 2.05) is 45.0 Å². The molecule has 3 heteroatoms. The predicted molar refractivity (Wildman–Crippen MR) is 77.6 cm³/mol. The molecule has 0 aliphatic heterocycles. The van der Waals surface area contributed by atoms with Crippen molar-refractivity contribution in [1.29, 1.82) is 0 Å². The van der Waals surface area contributed by atoms with Gasteiger partial charge in [-0.05, 0) is 51.2 Å². The monoisotopic (exact) mass is 266 g/mol. The van der Waals surface area contributed by atoms with Crippen LogP contribution in [0.1, 0.15) is 32.8 Å². The van der Waals surface area contributed by atoms with Gasteiger partial charge in [0.1, 0.15) is 5.75 Å². The summed E-state index contributed by atoms with van der Waals surface area (Å²) in [6.07, 6.45) is 1.67. The number of hydrogen-bond donors (Lipinski definition) is 1. The Bertz CT molecular complexity index is 369. The first-order valence-electron chi connectivity index (χ1n) is 6.83. The van der Waals surface area contributed by atoms with Gasteiger partial charge < -0.3 is 14.6 Å². The van der Waals surface area contributed by atoms with E-state index in [-0.39, 0.29) is 18.1 Å². The molecule has 108 valence electrons. The quantitative estimate of drug-likeness (QED) is 0.824. The van der Waals surface area contributed by atoms with E-state index in [4.69, 9.17) is 9.47 Å². The van der Waals surface area contributed by atoms with Crippen LogP contribution in [0.5, 0.6) is 5.75 Å². The largest absolute Gasteiger partial charge is 0.496 e. The maximum atomic E-state index is 9.48. The number of ether oxygens (including phenoxy) is 2. The van der Waals surface area contributed by atoms with Crippen LogP contribution in [0.2, 0.25) is 0 Å². The molecule has 1 aromatic rings. The molecule has 0 spiro atoms. The van der Waals surface area contributed by atoms with Crippen molar-refractivity contribution in [2.45, 2.75) is 39.2 Å². The van der Waals surface area contributed by atoms with Crippen molar-refractivity contribution in [1.82, 2.24) is 0 Å². The zero-order valence-corrected chi connectivity index (χ0v) is 12.5. The van der Waals surface area contributed by atoms with Crippen molar-refractivity contribution in [3.05, 3.63) is 29.8 Å². The van der Waals surface area contributed by atoms with Gasteiger partial charge in [0.05, 0.1) is 12.7 Å². The highest BCUT2D eigenvalue weighted by Crippen LogP contribution is 2.22. The number of aliphatic hydroxyl groups excluding tert-OH is 1. The van der Waals surface area contributed by atoms with Crippen molar-refractivity contribution in [3.8, 4) is 5.75 Å². The number of methoxy groups -OCH3 is 1. The first-order chi connectivity index (χ1) is 8.96. The molecule has 0 fully saturated rings. The Hall–Kier alpha value is -1.06. The third-order valence-corrected chi connectivity index (χ3v) is 3.02. The van der Waals surface area contributed by atoms with Gasteiger partial charge >= 0.3 is 0 Å². The van der Waals surface area contributed by atoms with Crippen molar-refractivity contribution in [3.63, 3.8) is 0 Å². The summed E-state index contributed by atoms with van der Waals surface area (Å²) in [6, 6.07) is 7.96. The maximum Gasteiger partial charge on any atom is 0.122 e. The van der Waals surface area contributed by atoms with E-state index >= 15 is 0 Å². The molecule has 1 N–H and O–H groups in total. The highest BCUT2D eigenvalue weighted by atomic mass is 16.5. The van der Waals surface area contributed by atoms with Gasteiger partial charge in [0, 0.05) is 13.2 Å². The topological polar surface area (TPSA) is 38.7 Å². The molecule has 1 rings (SSSR count). The van der Waals surface area contributed by atoms with E-state index in [1.54, 1.807) is 7.11 Å². The fourth-order valence-corrected chi connectivity index (χ4v) is 1.97. The minimum absolute atomic E-state index is 0.121. The molecular formula is C16H26O3. The van der Waals surface area contributed by atoms with Crippen LogP contribution in [-0.4, -0.2) is 31.0 Å². The number of para-hydroxylation sites is 1. The van der Waals surface area contributed by atoms with E-state index in [2.05, 4.69) is 0 Å². The Morgan fingerprint density at radius 2 is 1.89 bits per heavy atom. The van der Waals surface area contributed by atoms with Crippen molar-refractivity contribution in [2.75, 3.05) is 20.3 Å². The molecule has 19 heavy (non-hydrogen) atoms. The molecular weight excluding hydrogens is 240 g/mol. The van der Waals surface area contributed by atoms with Gasteiger partial charge in [-0.2, -0.15) is 0 Å². The van der Waals surface area contributed by atoms with Gasteiger partial charge in [-0.3, -0.25) is 0 Å². The lowest BCUT2D eigenvalue weighted by Crippen LogP contribution is -2.22. The van der Waals surface area contributed by atoms with Crippen LogP contribution in [0.4, 0.5) is 0 Å². The average molecular weight is 266 g/mol. The summed E-state index contributed by atoms with van der Waals surface area (Å²) in [5.41, 5.74) is 1.02. The van der Waals surface area contributed by atoms with Gasteiger partial charge in [0.25, 0.3) is 0 Å². The minimum atomic E-state index is -0.121. The van der Waals surface area contributed by atoms with Gasteiger partial charge in [-0.1, -0.05) is 18.2 Å². The van der Waals surface area contributed by atoms with Crippen LogP contribution in [-0.2, 0) is 11.2 Å². The fraction of sp³-hybridized carbons (Fsp3) is 0.625. The summed E-state index contributed by atoms with van der Waals surface area (Å²) in [5.74, 6) is 1.09. The smallest absolute Gasteiger partial charge is 0.122 e. The van der Waals surface area contributed by atoms with Crippen molar-refractivity contribution >= 4 is 0 Å². The third kappa shape index (κ3) is 6.08. The first kappa shape index (κ1) is 16.0. The second kappa shape index (κ2) is 7.51. The Kier molecular flexibility index (Phi) is 6.32. The van der Waals surface area contributed by atoms with Gasteiger partial charge in [-0.25, -0.2) is 0 Å². The molecule has 0 heterocycles. The molecule has 1 unspecified atom stereocenters. The van der Waals surface area contributed by atoms with E-state index in [0.29, 0.717) is 6.61 Å². The van der Waals surface area contributed by atoms with Gasteiger partial charge in [-0.15, -0.1) is 0 Å². The molecule has 0 saturated heterocycles. The summed E-state index contributed by atoms with van der Waals surface area (Å²) in [7, 11) is 1.68. The molecule has 0 saturated carbocycles. The summed E-state index contributed by atoms with van der Waals surface area (Å²) in [6.45, 7) is 6.97. The molecule has 0 amide bonds. The lowest BCUT2D eigenvalue weighted by Gasteiger charge is -2.22. The summed E-state index contributed by atoms with van der Waals surface area (Å²) < 4.78 is 11.1. The van der Waals surface area contributed by atoms with Crippen LogP contribution in [0.25, 0.3) is 0 Å². The van der Waals surface area contributed by atoms with E-state index in [9.17, 15) is 5.11 Å².